The minimum Gasteiger partial charge on any atom is -0.432 e. The zero-order valence-corrected chi connectivity index (χ0v) is 29.1. The first-order valence-electron chi connectivity index (χ1n) is 17.8. The molecule has 0 spiro atoms. The van der Waals surface area contributed by atoms with E-state index in [2.05, 4.69) is 26.8 Å². The van der Waals surface area contributed by atoms with Crippen LogP contribution >= 0.6 is 0 Å². The van der Waals surface area contributed by atoms with Crippen LogP contribution in [-0.4, -0.2) is 120 Å². The van der Waals surface area contributed by atoms with E-state index in [4.69, 9.17) is 9.47 Å². The van der Waals surface area contributed by atoms with Gasteiger partial charge in [-0.2, -0.15) is 0 Å². The zero-order valence-electron chi connectivity index (χ0n) is 29.1. The molecule has 12 nitrogen and oxygen atoms in total. The molecule has 9 N–H and O–H groups in total. The first-order valence-corrected chi connectivity index (χ1v) is 17.8. The Morgan fingerprint density at radius 1 is 0.833 bits per heavy atom. The monoisotopic (exact) mass is 682 g/mol. The van der Waals surface area contributed by atoms with Crippen LogP contribution in [0.2, 0.25) is 0 Å². The number of ether oxygens (including phenoxy) is 2. The number of fused-ring (bicyclic) bond motifs is 7. The van der Waals surface area contributed by atoms with Gasteiger partial charge in [-0.05, 0) is 72.5 Å². The highest BCUT2D eigenvalue weighted by Gasteiger charge is 2.73. The molecule has 6 rings (SSSR count). The molecular weight excluding hydrogens is 624 g/mol. The van der Waals surface area contributed by atoms with E-state index >= 15 is 0 Å². The van der Waals surface area contributed by atoms with Gasteiger partial charge in [0.1, 0.15) is 24.4 Å². The topological polar surface area (TPSA) is 218 Å². The highest BCUT2D eigenvalue weighted by molar-refractivity contribution is 5.79. The van der Waals surface area contributed by atoms with E-state index in [1.165, 1.54) is 0 Å². The molecule has 0 bridgehead atoms. The minimum absolute atomic E-state index is 0.0533. The normalized spacial score (nSPS) is 56.1. The van der Waals surface area contributed by atoms with Gasteiger partial charge in [0.2, 0.25) is 6.29 Å². The van der Waals surface area contributed by atoms with Crippen LogP contribution in [-0.2, 0) is 14.3 Å². The fourth-order valence-corrected chi connectivity index (χ4v) is 12.3. The van der Waals surface area contributed by atoms with Gasteiger partial charge in [0.05, 0.1) is 43.0 Å². The first-order chi connectivity index (χ1) is 22.2. The summed E-state index contributed by atoms with van der Waals surface area (Å²) in [5.74, 6) is -1.87. The molecule has 48 heavy (non-hydrogen) atoms. The number of carbonyl (C=O) groups excluding carboxylic acids is 1. The van der Waals surface area contributed by atoms with Gasteiger partial charge in [-0.15, -0.1) is 0 Å². The Labute approximate surface area is 282 Å². The molecule has 0 aromatic carbocycles. The van der Waals surface area contributed by atoms with Crippen molar-refractivity contribution in [1.82, 2.24) is 0 Å². The lowest BCUT2D eigenvalue weighted by Crippen LogP contribution is -2.72. The predicted octanol–water partition coefficient (Wildman–Crippen LogP) is 0.377. The van der Waals surface area contributed by atoms with Crippen molar-refractivity contribution < 1.29 is 60.2 Å². The van der Waals surface area contributed by atoms with Gasteiger partial charge in [0, 0.05) is 17.3 Å². The van der Waals surface area contributed by atoms with Crippen molar-refractivity contribution in [2.75, 3.05) is 13.2 Å². The van der Waals surface area contributed by atoms with Crippen molar-refractivity contribution in [3.8, 4) is 0 Å². The summed E-state index contributed by atoms with van der Waals surface area (Å²) in [6.45, 7) is 11.0. The summed E-state index contributed by atoms with van der Waals surface area (Å²) in [6.07, 6.45) is -6.92. The summed E-state index contributed by atoms with van der Waals surface area (Å²) in [4.78, 5) is 14.4. The molecule has 4 saturated carbocycles. The van der Waals surface area contributed by atoms with Crippen LogP contribution in [0.4, 0.5) is 0 Å². The Bertz CT molecular complexity index is 1300. The first kappa shape index (κ1) is 36.6. The molecule has 0 amide bonds. The summed E-state index contributed by atoms with van der Waals surface area (Å²) in [5, 5.41) is 98.0. The average Bonchev–Trinajstić information content (AvgIpc) is 3.02. The van der Waals surface area contributed by atoms with E-state index in [-0.39, 0.29) is 18.9 Å². The van der Waals surface area contributed by atoms with Gasteiger partial charge in [0.15, 0.2) is 0 Å². The number of hydrogen-bond acceptors (Lipinski definition) is 12. The van der Waals surface area contributed by atoms with Crippen molar-refractivity contribution in [3.05, 3.63) is 11.6 Å². The Morgan fingerprint density at radius 2 is 1.48 bits per heavy atom. The average molecular weight is 683 g/mol. The Kier molecular flexibility index (Phi) is 8.89. The second kappa shape index (κ2) is 11.7. The van der Waals surface area contributed by atoms with Crippen LogP contribution < -0.4 is 0 Å². The Balaban J connectivity index is 1.41. The number of aliphatic hydroxyl groups is 9. The second-order valence-corrected chi connectivity index (χ2v) is 18.0. The SMILES string of the molecule is CC1(C)CC[C@]2(C(=O)O[C@@H]3O[C@H](CO)[C@@H](O)[C@H](O)[C@H]3O)CC[C@]3(C)C(=CC[C@H]4[C@@]5(C)C[C@H](O)[C@@H](O)[C@@](C)(CO)[C@H]5[C@H](O)C[C@]43C)[C@@H]2[C@@H]1O. The third kappa shape index (κ3) is 4.66. The minimum atomic E-state index is -1.75. The molecule has 6 aliphatic rings. The van der Waals surface area contributed by atoms with Crippen molar-refractivity contribution in [2.24, 2.45) is 50.2 Å². The molecule has 0 aromatic rings. The molecule has 0 unspecified atom stereocenters. The molecule has 5 aliphatic carbocycles. The summed E-state index contributed by atoms with van der Waals surface area (Å²) >= 11 is 0. The largest absolute Gasteiger partial charge is 0.432 e. The lowest BCUT2D eigenvalue weighted by atomic mass is 9.32. The standard InChI is InChI=1S/C36H58O12/c1-31(2)9-11-36(30(46)48-29-25(43)24(42)23(41)20(15-37)47-29)12-10-34(5)17(22(36)28(31)45)7-8-21-32(3)13-19(40)27(44)33(4,16-38)26(32)18(39)14-35(21,34)6/h7,18-29,37-45H,8-16H2,1-6H3/t18-,19+,20-,21+,22-,23-,24+,25-,26+,27-,28+,29+,32-,33+,34-,35-,36+/m1/s1. The third-order valence-corrected chi connectivity index (χ3v) is 15.3. The number of carbonyl (C=O) groups is 1. The van der Waals surface area contributed by atoms with Gasteiger partial charge < -0.3 is 55.4 Å². The van der Waals surface area contributed by atoms with E-state index in [0.29, 0.717) is 38.5 Å². The molecule has 0 radical (unpaired) electrons. The lowest BCUT2D eigenvalue weighted by Gasteiger charge is -2.72. The highest BCUT2D eigenvalue weighted by atomic mass is 16.7. The molecular formula is C36H58O12. The Hall–Kier alpha value is -1.19. The number of esters is 1. The van der Waals surface area contributed by atoms with Gasteiger partial charge in [0.25, 0.3) is 0 Å². The summed E-state index contributed by atoms with van der Waals surface area (Å²) in [5.41, 5.74) is -3.71. The molecule has 12 heteroatoms. The van der Waals surface area contributed by atoms with Crippen LogP contribution in [0.1, 0.15) is 86.5 Å². The van der Waals surface area contributed by atoms with Gasteiger partial charge in [-0.1, -0.05) is 53.2 Å². The van der Waals surface area contributed by atoms with Crippen molar-refractivity contribution in [2.45, 2.75) is 142 Å². The van der Waals surface area contributed by atoms with Crippen molar-refractivity contribution >= 4 is 5.97 Å². The molecule has 0 aromatic heterocycles. The third-order valence-electron chi connectivity index (χ3n) is 15.3. The predicted molar refractivity (Wildman–Crippen MR) is 170 cm³/mol. The maximum atomic E-state index is 14.4. The maximum absolute atomic E-state index is 14.4. The van der Waals surface area contributed by atoms with Crippen LogP contribution in [0.15, 0.2) is 11.6 Å². The van der Waals surface area contributed by atoms with Crippen LogP contribution in [0.5, 0.6) is 0 Å². The van der Waals surface area contributed by atoms with Crippen molar-refractivity contribution in [1.29, 1.82) is 0 Å². The van der Waals surface area contributed by atoms with E-state index in [1.54, 1.807) is 6.92 Å². The van der Waals surface area contributed by atoms with Crippen LogP contribution in [0, 0.1) is 50.2 Å². The molecule has 17 atom stereocenters. The van der Waals surface area contributed by atoms with Gasteiger partial charge in [-0.3, -0.25) is 4.79 Å². The lowest BCUT2D eigenvalue weighted by molar-refractivity contribution is -0.299. The number of allylic oxidation sites excluding steroid dienone is 1. The number of rotatable bonds is 4. The smallest absolute Gasteiger partial charge is 0.315 e. The van der Waals surface area contributed by atoms with Gasteiger partial charge >= 0.3 is 5.97 Å². The summed E-state index contributed by atoms with van der Waals surface area (Å²) < 4.78 is 11.4. The molecule has 1 saturated heterocycles. The molecule has 1 heterocycles. The molecule has 5 fully saturated rings. The maximum Gasteiger partial charge on any atom is 0.315 e. The van der Waals surface area contributed by atoms with Crippen molar-refractivity contribution in [3.63, 3.8) is 0 Å². The van der Waals surface area contributed by atoms with Crippen LogP contribution in [0.3, 0.4) is 0 Å². The summed E-state index contributed by atoms with van der Waals surface area (Å²) in [6, 6.07) is 0. The zero-order chi connectivity index (χ0) is 35.6. The number of hydrogen-bond donors (Lipinski definition) is 9. The summed E-state index contributed by atoms with van der Waals surface area (Å²) in [7, 11) is 0. The van der Waals surface area contributed by atoms with E-state index in [1.807, 2.05) is 13.8 Å². The number of aliphatic hydroxyl groups excluding tert-OH is 9. The highest BCUT2D eigenvalue weighted by Crippen LogP contribution is 2.75. The second-order valence-electron chi connectivity index (χ2n) is 18.0. The van der Waals surface area contributed by atoms with Crippen LogP contribution in [0.25, 0.3) is 0 Å². The van der Waals surface area contributed by atoms with E-state index in [0.717, 1.165) is 5.57 Å². The van der Waals surface area contributed by atoms with E-state index in [9.17, 15) is 50.8 Å². The fourth-order valence-electron chi connectivity index (χ4n) is 12.3. The quantitative estimate of drug-likeness (QED) is 0.145. The van der Waals surface area contributed by atoms with E-state index < -0.39 is 112 Å². The Morgan fingerprint density at radius 3 is 2.10 bits per heavy atom. The molecule has 274 valence electrons. The van der Waals surface area contributed by atoms with Gasteiger partial charge in [-0.25, -0.2) is 0 Å². The molecule has 1 aliphatic heterocycles. The fraction of sp³-hybridized carbons (Fsp3) is 0.917.